The summed E-state index contributed by atoms with van der Waals surface area (Å²) >= 11 is 4.99. The summed E-state index contributed by atoms with van der Waals surface area (Å²) in [5.41, 5.74) is -0.0910. The van der Waals surface area contributed by atoms with Gasteiger partial charge in [-0.3, -0.25) is 0 Å². The van der Waals surface area contributed by atoms with Gasteiger partial charge in [-0.05, 0) is 12.1 Å². The van der Waals surface area contributed by atoms with Crippen LogP contribution in [0.2, 0.25) is 0 Å². The molecule has 0 aliphatic carbocycles. The first-order valence-corrected chi connectivity index (χ1v) is 3.43. The second-order valence-electron chi connectivity index (χ2n) is 2.08. The molecule has 0 fully saturated rings. The molecule has 0 amide bonds. The van der Waals surface area contributed by atoms with Gasteiger partial charge in [-0.1, -0.05) is 18.2 Å². The highest BCUT2D eigenvalue weighted by Crippen LogP contribution is 2.29. The number of hydrogen-bond donors (Lipinski definition) is 0. The van der Waals surface area contributed by atoms with E-state index >= 15 is 0 Å². The van der Waals surface area contributed by atoms with Crippen LogP contribution in [0.15, 0.2) is 30.3 Å². The standard InChI is InChI=1S/C7H5ClF3N/c8-12(7(9,10)11)6-4-2-1-3-5-6/h1-5H. The predicted molar refractivity (Wildman–Crippen MR) is 40.8 cm³/mol. The van der Waals surface area contributed by atoms with E-state index in [2.05, 4.69) is 0 Å². The van der Waals surface area contributed by atoms with Gasteiger partial charge in [0.05, 0.1) is 5.69 Å². The third kappa shape index (κ3) is 2.04. The summed E-state index contributed by atoms with van der Waals surface area (Å²) in [7, 11) is 0. The van der Waals surface area contributed by atoms with Gasteiger partial charge in [-0.15, -0.1) is 13.2 Å². The van der Waals surface area contributed by atoms with Crippen molar-refractivity contribution < 1.29 is 13.2 Å². The van der Waals surface area contributed by atoms with Crippen LogP contribution in [0.25, 0.3) is 0 Å². The Morgan fingerprint density at radius 1 is 1.08 bits per heavy atom. The summed E-state index contributed by atoms with van der Waals surface area (Å²) in [4.78, 5) is 0. The van der Waals surface area contributed by atoms with Crippen LogP contribution < -0.4 is 4.42 Å². The van der Waals surface area contributed by atoms with Crippen molar-refractivity contribution in [2.45, 2.75) is 6.30 Å². The fourth-order valence-corrected chi connectivity index (χ4v) is 0.818. The molecule has 0 saturated carbocycles. The summed E-state index contributed by atoms with van der Waals surface area (Å²) in [5, 5.41) is 0. The summed E-state index contributed by atoms with van der Waals surface area (Å²) in [6.45, 7) is 0. The second-order valence-corrected chi connectivity index (χ2v) is 2.42. The number of anilines is 1. The zero-order valence-corrected chi connectivity index (χ0v) is 6.60. The molecule has 0 unspecified atom stereocenters. The summed E-state index contributed by atoms with van der Waals surface area (Å²) in [6, 6.07) is 7.14. The minimum Gasteiger partial charge on any atom is -0.193 e. The lowest BCUT2D eigenvalue weighted by Crippen LogP contribution is -2.28. The molecule has 0 N–H and O–H groups in total. The van der Waals surface area contributed by atoms with Gasteiger partial charge in [0, 0.05) is 11.8 Å². The van der Waals surface area contributed by atoms with E-state index in [1.54, 1.807) is 6.07 Å². The lowest BCUT2D eigenvalue weighted by Gasteiger charge is -2.17. The minimum absolute atomic E-state index is 0.0910. The van der Waals surface area contributed by atoms with Crippen LogP contribution in [0.5, 0.6) is 0 Å². The van der Waals surface area contributed by atoms with E-state index in [-0.39, 0.29) is 10.1 Å². The highest BCUT2D eigenvalue weighted by Gasteiger charge is 2.36. The number of para-hydroxylation sites is 1. The molecule has 0 atom stereocenters. The lowest BCUT2D eigenvalue weighted by atomic mass is 10.3. The van der Waals surface area contributed by atoms with Gasteiger partial charge in [0.1, 0.15) is 0 Å². The maximum atomic E-state index is 11.9. The molecule has 0 aliphatic heterocycles. The summed E-state index contributed by atoms with van der Waals surface area (Å²) in [6.07, 6.45) is -4.54. The first-order valence-electron chi connectivity index (χ1n) is 3.09. The Hall–Kier alpha value is -0.900. The first kappa shape index (κ1) is 9.19. The molecule has 12 heavy (non-hydrogen) atoms. The van der Waals surface area contributed by atoms with E-state index in [4.69, 9.17) is 11.8 Å². The van der Waals surface area contributed by atoms with Crippen molar-refractivity contribution in [1.82, 2.24) is 0 Å². The van der Waals surface area contributed by atoms with E-state index in [1.807, 2.05) is 0 Å². The smallest absolute Gasteiger partial charge is 0.193 e. The van der Waals surface area contributed by atoms with Crippen molar-refractivity contribution in [3.05, 3.63) is 30.3 Å². The Kier molecular flexibility index (Phi) is 2.47. The molecule has 0 heterocycles. The number of alkyl halides is 3. The second kappa shape index (κ2) is 3.23. The molecule has 0 bridgehead atoms. The van der Waals surface area contributed by atoms with Gasteiger partial charge in [-0.25, -0.2) is 0 Å². The normalized spacial score (nSPS) is 11.3. The molecule has 1 aromatic rings. The van der Waals surface area contributed by atoms with Crippen LogP contribution in [0.1, 0.15) is 0 Å². The van der Waals surface area contributed by atoms with E-state index < -0.39 is 6.30 Å². The predicted octanol–water partition coefficient (Wildman–Crippen LogP) is 3.17. The Morgan fingerprint density at radius 3 is 2.00 bits per heavy atom. The fraction of sp³-hybridized carbons (Fsp3) is 0.143. The Balaban J connectivity index is 2.86. The molecular formula is C7H5ClF3N. The maximum Gasteiger partial charge on any atom is 0.499 e. The van der Waals surface area contributed by atoms with Gasteiger partial charge < -0.3 is 0 Å². The zero-order chi connectivity index (χ0) is 9.19. The summed E-state index contributed by atoms with van der Waals surface area (Å²) in [5.74, 6) is 0. The zero-order valence-electron chi connectivity index (χ0n) is 5.85. The molecule has 0 aromatic heterocycles. The maximum absolute atomic E-state index is 11.9. The van der Waals surface area contributed by atoms with Crippen molar-refractivity contribution in [3.63, 3.8) is 0 Å². The average molecular weight is 196 g/mol. The Bertz CT molecular complexity index is 247. The van der Waals surface area contributed by atoms with Gasteiger partial charge in [0.25, 0.3) is 0 Å². The van der Waals surface area contributed by atoms with Crippen LogP contribution >= 0.6 is 11.8 Å². The number of rotatable bonds is 1. The van der Waals surface area contributed by atoms with Crippen molar-refractivity contribution in [2.75, 3.05) is 4.42 Å². The average Bonchev–Trinajstić information content (AvgIpc) is 2.03. The lowest BCUT2D eigenvalue weighted by molar-refractivity contribution is -0.115. The quantitative estimate of drug-likeness (QED) is 0.492. The first-order chi connectivity index (χ1) is 5.52. The highest BCUT2D eigenvalue weighted by molar-refractivity contribution is 6.25. The molecule has 1 nitrogen and oxygen atoms in total. The van der Waals surface area contributed by atoms with Crippen LogP contribution in [-0.4, -0.2) is 6.30 Å². The van der Waals surface area contributed by atoms with E-state index in [0.717, 1.165) is 0 Å². The number of benzene rings is 1. The minimum atomic E-state index is -4.54. The van der Waals surface area contributed by atoms with E-state index in [9.17, 15) is 13.2 Å². The topological polar surface area (TPSA) is 3.24 Å². The van der Waals surface area contributed by atoms with Gasteiger partial charge in [0.15, 0.2) is 0 Å². The van der Waals surface area contributed by atoms with Crippen LogP contribution in [-0.2, 0) is 0 Å². The number of hydrogen-bond acceptors (Lipinski definition) is 1. The Labute approximate surface area is 72.5 Å². The van der Waals surface area contributed by atoms with Crippen molar-refractivity contribution in [2.24, 2.45) is 0 Å². The molecule has 5 heteroatoms. The molecule has 66 valence electrons. The van der Waals surface area contributed by atoms with Crippen molar-refractivity contribution in [1.29, 1.82) is 0 Å². The third-order valence-electron chi connectivity index (χ3n) is 1.21. The number of nitrogens with zero attached hydrogens (tertiary/aromatic N) is 1. The van der Waals surface area contributed by atoms with E-state index in [1.165, 1.54) is 24.3 Å². The molecule has 0 radical (unpaired) electrons. The molecule has 0 saturated heterocycles. The summed E-state index contributed by atoms with van der Waals surface area (Å²) < 4.78 is 35.5. The van der Waals surface area contributed by atoms with Crippen molar-refractivity contribution in [3.8, 4) is 0 Å². The van der Waals surface area contributed by atoms with Gasteiger partial charge >= 0.3 is 6.30 Å². The van der Waals surface area contributed by atoms with Crippen molar-refractivity contribution >= 4 is 17.5 Å². The monoisotopic (exact) mass is 195 g/mol. The van der Waals surface area contributed by atoms with Crippen LogP contribution in [0, 0.1) is 0 Å². The molecule has 0 spiro atoms. The van der Waals surface area contributed by atoms with Gasteiger partial charge in [-0.2, -0.15) is 4.42 Å². The highest BCUT2D eigenvalue weighted by atomic mass is 35.5. The Morgan fingerprint density at radius 2 is 1.58 bits per heavy atom. The molecule has 0 aliphatic rings. The number of halogens is 4. The third-order valence-corrected chi connectivity index (χ3v) is 1.59. The van der Waals surface area contributed by atoms with E-state index in [0.29, 0.717) is 0 Å². The van der Waals surface area contributed by atoms with Gasteiger partial charge in [0.2, 0.25) is 0 Å². The fourth-order valence-electron chi connectivity index (χ4n) is 0.705. The largest absolute Gasteiger partial charge is 0.499 e. The molecule has 1 aromatic carbocycles. The molecule has 1 rings (SSSR count). The van der Waals surface area contributed by atoms with Crippen LogP contribution in [0.3, 0.4) is 0 Å². The molecular weight excluding hydrogens is 191 g/mol. The van der Waals surface area contributed by atoms with Crippen LogP contribution in [0.4, 0.5) is 18.9 Å². The SMILES string of the molecule is FC(F)(F)N(Cl)c1ccccc1.